The Balaban J connectivity index is 3.16. The predicted octanol–water partition coefficient (Wildman–Crippen LogP) is -7.73. The maximum atomic E-state index is 13.8. The topological polar surface area (TPSA) is 478 Å². The molecule has 0 heterocycles. The van der Waals surface area contributed by atoms with Gasteiger partial charge in [0.25, 0.3) is 0 Å². The van der Waals surface area contributed by atoms with E-state index in [2.05, 4.69) is 47.9 Å². The molecular weight excluding hydrogens is 951 g/mol. The molecule has 0 fully saturated rings. The molecule has 0 saturated carbocycles. The number of nitrogens with two attached hydrogens (primary N) is 4. The van der Waals surface area contributed by atoms with Crippen LogP contribution in [0.5, 0.6) is 0 Å². The molecule has 0 aliphatic rings. The second kappa shape index (κ2) is 31.8. The third-order valence-electron chi connectivity index (χ3n) is 10.7. The van der Waals surface area contributed by atoms with Crippen molar-refractivity contribution in [3.63, 3.8) is 0 Å². The Hall–Kier alpha value is -7.30. The van der Waals surface area contributed by atoms with Crippen molar-refractivity contribution in [2.24, 2.45) is 34.8 Å². The molecule has 0 radical (unpaired) electrons. The smallest absolute Gasteiger partial charge is 0.245 e. The first-order chi connectivity index (χ1) is 33.8. The number of nitrogens with one attached hydrogen (secondary N) is 9. The van der Waals surface area contributed by atoms with Crippen molar-refractivity contribution in [3.05, 3.63) is 35.9 Å². The van der Waals surface area contributed by atoms with Crippen LogP contribution in [0.25, 0.3) is 0 Å². The summed E-state index contributed by atoms with van der Waals surface area (Å²) in [6.07, 6.45) is -1.54. The lowest BCUT2D eigenvalue weighted by Crippen LogP contribution is -2.59. The summed E-state index contributed by atoms with van der Waals surface area (Å²) in [5, 5.41) is 49.5. The van der Waals surface area contributed by atoms with Crippen molar-refractivity contribution < 1.29 is 72.9 Å². The standard InChI is InChI=1S/C44H71N13O15/c1-6-22(4)36(44(72)51-25(12-21(2)3)14-34(63)52-31(20-60)43(71)56-30(19-59)37(48)65)57-38(66)23(5)50-35(64)17-49-40(68)27(13-24-10-8-7-9-11-24)54-42(70)29(16-33(47)62)55-41(69)28(15-32(46)61)53-39(67)26(45)18-58/h7-11,21-23,25-31,36,58-60H,6,12-20,45H2,1-5H3,(H2,46,61)(H2,47,62)(H2,48,65)(H,49,68)(H,50,64)(H,51,72)(H,52,63)(H,53,67)(H,54,70)(H,55,69)(H,56,71)(H,57,66)/t22-,23-,25-,26-,27-,28-,29-,30-,31-,36-/m0/s1. The molecule has 0 aliphatic heterocycles. The summed E-state index contributed by atoms with van der Waals surface area (Å²) >= 11 is 0. The molecule has 402 valence electrons. The number of hydrogen-bond acceptors (Lipinski definition) is 16. The van der Waals surface area contributed by atoms with Crippen LogP contribution in [-0.4, -0.2) is 167 Å². The number of hydrogen-bond donors (Lipinski definition) is 16. The van der Waals surface area contributed by atoms with Crippen molar-refractivity contribution in [2.45, 2.75) is 128 Å². The van der Waals surface area contributed by atoms with Crippen LogP contribution in [-0.2, 0) is 64.0 Å². The van der Waals surface area contributed by atoms with Crippen molar-refractivity contribution >= 4 is 70.9 Å². The quantitative estimate of drug-likeness (QED) is 0.0311. The predicted molar refractivity (Wildman–Crippen MR) is 254 cm³/mol. The number of amides is 12. The third-order valence-corrected chi connectivity index (χ3v) is 10.7. The van der Waals surface area contributed by atoms with Crippen LogP contribution in [0.15, 0.2) is 30.3 Å². The second-order valence-electron chi connectivity index (χ2n) is 17.4. The van der Waals surface area contributed by atoms with E-state index in [0.717, 1.165) is 0 Å². The lowest BCUT2D eigenvalue weighted by atomic mass is 9.95. The summed E-state index contributed by atoms with van der Waals surface area (Å²) in [6.45, 7) is 5.09. The minimum absolute atomic E-state index is 0.0700. The highest BCUT2D eigenvalue weighted by Gasteiger charge is 2.34. The summed E-state index contributed by atoms with van der Waals surface area (Å²) in [5.74, 6) is -12.2. The Bertz CT molecular complexity index is 2060. The SMILES string of the molecule is CC[C@H](C)[C@H](NC(=O)[C@H](C)NC(=O)CNC(=O)[C@H](Cc1ccccc1)NC(=O)[C@H](CC(N)=O)NC(=O)[C@H](CC(N)=O)NC(=O)[C@@H](N)CO)C(=O)N[C@H](CC(=O)N[C@@H](CO)C(=O)N[C@@H](CO)C(N)=O)CC(C)C. The lowest BCUT2D eigenvalue weighted by molar-refractivity contribution is -0.136. The molecule has 12 amide bonds. The first kappa shape index (κ1) is 62.7. The van der Waals surface area contributed by atoms with Gasteiger partial charge < -0.3 is 86.1 Å². The van der Waals surface area contributed by atoms with Gasteiger partial charge in [-0.2, -0.15) is 0 Å². The summed E-state index contributed by atoms with van der Waals surface area (Å²) < 4.78 is 0. The molecule has 1 aromatic rings. The normalized spacial score (nSPS) is 15.1. The van der Waals surface area contributed by atoms with Crippen molar-refractivity contribution in [1.82, 2.24) is 47.9 Å². The van der Waals surface area contributed by atoms with Gasteiger partial charge in [-0.05, 0) is 30.7 Å². The van der Waals surface area contributed by atoms with Crippen LogP contribution < -0.4 is 70.8 Å². The van der Waals surface area contributed by atoms with Gasteiger partial charge in [-0.1, -0.05) is 64.4 Å². The fraction of sp³-hybridized carbons (Fsp3) is 0.591. The molecule has 10 atom stereocenters. The molecular formula is C44H71N13O15. The van der Waals surface area contributed by atoms with Crippen LogP contribution in [0.2, 0.25) is 0 Å². The molecule has 0 bridgehead atoms. The summed E-state index contributed by atoms with van der Waals surface area (Å²) in [7, 11) is 0. The molecule has 1 aromatic carbocycles. The zero-order valence-electron chi connectivity index (χ0n) is 40.9. The third kappa shape index (κ3) is 23.1. The monoisotopic (exact) mass is 1020 g/mol. The zero-order chi connectivity index (χ0) is 54.8. The van der Waals surface area contributed by atoms with Crippen molar-refractivity contribution in [3.8, 4) is 0 Å². The maximum absolute atomic E-state index is 13.8. The van der Waals surface area contributed by atoms with Gasteiger partial charge in [0, 0.05) is 18.9 Å². The van der Waals surface area contributed by atoms with E-state index in [1.54, 1.807) is 44.2 Å². The molecule has 72 heavy (non-hydrogen) atoms. The zero-order valence-corrected chi connectivity index (χ0v) is 40.9. The highest BCUT2D eigenvalue weighted by atomic mass is 16.3. The second-order valence-corrected chi connectivity index (χ2v) is 17.4. The molecule has 0 spiro atoms. The van der Waals surface area contributed by atoms with Gasteiger partial charge in [0.05, 0.1) is 39.2 Å². The molecule has 28 nitrogen and oxygen atoms in total. The van der Waals surface area contributed by atoms with E-state index in [1.165, 1.54) is 6.92 Å². The van der Waals surface area contributed by atoms with E-state index in [1.807, 2.05) is 13.8 Å². The number of primary amides is 3. The van der Waals surface area contributed by atoms with Gasteiger partial charge in [-0.25, -0.2) is 0 Å². The molecule has 0 aromatic heterocycles. The van der Waals surface area contributed by atoms with E-state index in [9.17, 15) is 72.9 Å². The Labute approximate surface area is 415 Å². The van der Waals surface area contributed by atoms with E-state index >= 15 is 0 Å². The summed E-state index contributed by atoms with van der Waals surface area (Å²) in [4.78, 5) is 154. The first-order valence-corrected chi connectivity index (χ1v) is 22.9. The molecule has 0 unspecified atom stereocenters. The number of carbonyl (C=O) groups is 12. The number of carbonyl (C=O) groups excluding carboxylic acids is 12. The van der Waals surface area contributed by atoms with Crippen LogP contribution in [0.4, 0.5) is 0 Å². The molecule has 0 saturated heterocycles. The van der Waals surface area contributed by atoms with E-state index in [-0.39, 0.29) is 25.2 Å². The van der Waals surface area contributed by atoms with Gasteiger partial charge in [0.15, 0.2) is 0 Å². The van der Waals surface area contributed by atoms with Gasteiger partial charge >= 0.3 is 0 Å². The minimum atomic E-state index is -1.78. The largest absolute Gasteiger partial charge is 0.394 e. The molecule has 28 heteroatoms. The Kier molecular flexibility index (Phi) is 27.7. The Morgan fingerprint density at radius 2 is 1.04 bits per heavy atom. The number of rotatable bonds is 33. The minimum Gasteiger partial charge on any atom is -0.394 e. The van der Waals surface area contributed by atoms with E-state index < -0.39 is 170 Å². The molecule has 1 rings (SSSR count). The Morgan fingerprint density at radius 1 is 0.528 bits per heavy atom. The van der Waals surface area contributed by atoms with Gasteiger partial charge in [-0.3, -0.25) is 57.5 Å². The fourth-order valence-corrected chi connectivity index (χ4v) is 6.62. The summed E-state index contributed by atoms with van der Waals surface area (Å²) in [6, 6.07) is -4.63. The average molecular weight is 1020 g/mol. The molecule has 0 aliphatic carbocycles. The fourth-order valence-electron chi connectivity index (χ4n) is 6.62. The first-order valence-electron chi connectivity index (χ1n) is 22.9. The highest BCUT2D eigenvalue weighted by Crippen LogP contribution is 2.13. The summed E-state index contributed by atoms with van der Waals surface area (Å²) in [5.41, 5.74) is 21.7. The van der Waals surface area contributed by atoms with Gasteiger partial charge in [0.1, 0.15) is 48.3 Å². The van der Waals surface area contributed by atoms with Crippen LogP contribution in [0, 0.1) is 11.8 Å². The number of benzene rings is 1. The van der Waals surface area contributed by atoms with Crippen LogP contribution >= 0.6 is 0 Å². The highest BCUT2D eigenvalue weighted by molar-refractivity contribution is 5.99. The molecule has 20 N–H and O–H groups in total. The van der Waals surface area contributed by atoms with Gasteiger partial charge in [0.2, 0.25) is 70.9 Å². The van der Waals surface area contributed by atoms with Gasteiger partial charge in [-0.15, -0.1) is 0 Å². The van der Waals surface area contributed by atoms with Crippen molar-refractivity contribution in [2.75, 3.05) is 26.4 Å². The van der Waals surface area contributed by atoms with E-state index in [0.29, 0.717) is 12.0 Å². The van der Waals surface area contributed by atoms with E-state index in [4.69, 9.17) is 22.9 Å². The van der Waals surface area contributed by atoms with Crippen molar-refractivity contribution in [1.29, 1.82) is 0 Å². The number of aliphatic hydroxyl groups excluding tert-OH is 3. The van der Waals surface area contributed by atoms with Crippen LogP contribution in [0.1, 0.15) is 72.3 Å². The average Bonchev–Trinajstić information content (AvgIpc) is 3.31. The lowest BCUT2D eigenvalue weighted by Gasteiger charge is -2.28. The number of aliphatic hydroxyl groups is 3. The maximum Gasteiger partial charge on any atom is 0.245 e. The van der Waals surface area contributed by atoms with Crippen LogP contribution in [0.3, 0.4) is 0 Å². The Morgan fingerprint density at radius 3 is 1.53 bits per heavy atom.